The Kier molecular flexibility index (Phi) is 6.01. The summed E-state index contributed by atoms with van der Waals surface area (Å²) in [7, 11) is 0. The molecule has 0 spiro atoms. The van der Waals surface area contributed by atoms with Crippen LogP contribution in [0, 0.1) is 21.6 Å². The number of nitriles is 1. The highest BCUT2D eigenvalue weighted by molar-refractivity contribution is 9.10. The summed E-state index contributed by atoms with van der Waals surface area (Å²) >= 11 is 3.82. The molecule has 0 saturated heterocycles. The van der Waals surface area contributed by atoms with E-state index in [4.69, 9.17) is 5.26 Å². The summed E-state index contributed by atoms with van der Waals surface area (Å²) in [6, 6.07) is 1.59. The zero-order valence-electron chi connectivity index (χ0n) is 10.6. The second kappa shape index (κ2) is 7.32. The fraction of sp³-hybridized carbons (Fsp3) is 0.200. The third-order valence-corrected chi connectivity index (χ3v) is 3.23. The topological polar surface area (TPSA) is 101 Å². The van der Waals surface area contributed by atoms with Gasteiger partial charge in [-0.3, -0.25) is 15.4 Å². The Morgan fingerprint density at radius 3 is 2.68 bits per heavy atom. The number of aliphatic imine (C=N–C) groups is 1. The van der Waals surface area contributed by atoms with Gasteiger partial charge < -0.3 is 4.74 Å². The minimum atomic E-state index is -4.99. The molecule has 0 heterocycles. The van der Waals surface area contributed by atoms with Crippen LogP contribution in [0.5, 0.6) is 5.75 Å². The van der Waals surface area contributed by atoms with Crippen LogP contribution in [-0.2, 0) is 0 Å². The number of benzene rings is 1. The maximum atomic E-state index is 12.2. The van der Waals surface area contributed by atoms with Crippen LogP contribution in [0.15, 0.2) is 21.6 Å². The Morgan fingerprint density at radius 2 is 2.23 bits per heavy atom. The van der Waals surface area contributed by atoms with Crippen LogP contribution in [0.4, 0.5) is 24.5 Å². The highest BCUT2D eigenvalue weighted by Crippen LogP contribution is 2.40. The maximum absolute atomic E-state index is 12.2. The van der Waals surface area contributed by atoms with Crippen molar-refractivity contribution in [1.29, 1.82) is 5.26 Å². The van der Waals surface area contributed by atoms with Gasteiger partial charge in [-0.15, -0.1) is 13.2 Å². The first-order valence-electron chi connectivity index (χ1n) is 5.19. The summed E-state index contributed by atoms with van der Waals surface area (Å²) in [6.45, 7) is 0. The fourth-order valence-corrected chi connectivity index (χ4v) is 2.00. The molecule has 0 unspecified atom stereocenters. The second-order valence-corrected chi connectivity index (χ2v) is 5.08. The standard InChI is InChI=1S/C10H6BrF3N4O3S/c1-22-9(16-4-15)17-6-2-5(11)8(21-10(12,13)14)3-7(6)18(19)20/h2-3H,1H3,(H,16,17). The summed E-state index contributed by atoms with van der Waals surface area (Å²) in [4.78, 5) is 13.9. The number of halogens is 4. The van der Waals surface area contributed by atoms with Crippen molar-refractivity contribution in [2.75, 3.05) is 6.26 Å². The molecule has 1 N–H and O–H groups in total. The molecule has 7 nitrogen and oxygen atoms in total. The highest BCUT2D eigenvalue weighted by atomic mass is 79.9. The van der Waals surface area contributed by atoms with Crippen LogP contribution >= 0.6 is 27.7 Å². The van der Waals surface area contributed by atoms with Gasteiger partial charge in [-0.25, -0.2) is 4.99 Å². The molecule has 0 saturated carbocycles. The molecule has 0 aliphatic rings. The average molecular weight is 399 g/mol. The van der Waals surface area contributed by atoms with E-state index in [-0.39, 0.29) is 15.3 Å². The monoisotopic (exact) mass is 398 g/mol. The van der Waals surface area contributed by atoms with E-state index in [1.165, 1.54) is 0 Å². The van der Waals surface area contributed by atoms with Gasteiger partial charge in [-0.1, -0.05) is 11.8 Å². The molecule has 118 valence electrons. The van der Waals surface area contributed by atoms with E-state index in [1.54, 1.807) is 12.4 Å². The Balaban J connectivity index is 3.39. The molecule has 0 atom stereocenters. The maximum Gasteiger partial charge on any atom is 0.573 e. The van der Waals surface area contributed by atoms with Gasteiger partial charge >= 0.3 is 6.36 Å². The van der Waals surface area contributed by atoms with Gasteiger partial charge in [0, 0.05) is 0 Å². The summed E-state index contributed by atoms with van der Waals surface area (Å²) < 4.78 is 40.2. The lowest BCUT2D eigenvalue weighted by Crippen LogP contribution is -2.17. The van der Waals surface area contributed by atoms with Crippen molar-refractivity contribution in [2.45, 2.75) is 6.36 Å². The van der Waals surface area contributed by atoms with Gasteiger partial charge in [0.05, 0.1) is 15.5 Å². The summed E-state index contributed by atoms with van der Waals surface area (Å²) in [5.74, 6) is -0.767. The lowest BCUT2D eigenvalue weighted by molar-refractivity contribution is -0.384. The number of amidine groups is 1. The number of thioether (sulfide) groups is 1. The minimum absolute atomic E-state index is 0.0435. The zero-order chi connectivity index (χ0) is 16.9. The first kappa shape index (κ1) is 18.1. The Hall–Kier alpha value is -2.00. The van der Waals surface area contributed by atoms with Gasteiger partial charge in [0.25, 0.3) is 5.69 Å². The van der Waals surface area contributed by atoms with Gasteiger partial charge in [-0.05, 0) is 28.3 Å². The van der Waals surface area contributed by atoms with Crippen LogP contribution in [0.2, 0.25) is 0 Å². The Morgan fingerprint density at radius 1 is 1.59 bits per heavy atom. The number of nitrogens with one attached hydrogen (secondary N) is 1. The van der Waals surface area contributed by atoms with E-state index < -0.39 is 22.7 Å². The van der Waals surface area contributed by atoms with Crippen molar-refractivity contribution in [1.82, 2.24) is 5.32 Å². The third-order valence-electron chi connectivity index (χ3n) is 2.03. The molecule has 1 aromatic rings. The third kappa shape index (κ3) is 5.08. The van der Waals surface area contributed by atoms with E-state index >= 15 is 0 Å². The van der Waals surface area contributed by atoms with Crippen molar-refractivity contribution in [2.24, 2.45) is 4.99 Å². The predicted molar refractivity (Wildman–Crippen MR) is 76.8 cm³/mol. The van der Waals surface area contributed by atoms with Gasteiger partial charge in [0.1, 0.15) is 5.69 Å². The van der Waals surface area contributed by atoms with E-state index in [1.807, 2.05) is 0 Å². The molecule has 12 heteroatoms. The SMILES string of the molecule is CSC(=Nc1cc(Br)c(OC(F)(F)F)cc1[N+](=O)[O-])NC#N. The highest BCUT2D eigenvalue weighted by Gasteiger charge is 2.33. The molecule has 0 bridgehead atoms. The van der Waals surface area contributed by atoms with Crippen LogP contribution in [0.1, 0.15) is 0 Å². The summed E-state index contributed by atoms with van der Waals surface area (Å²) in [5, 5.41) is 21.7. The van der Waals surface area contributed by atoms with Crippen LogP contribution in [0.3, 0.4) is 0 Å². The molecule has 0 aliphatic carbocycles. The first-order chi connectivity index (χ1) is 10.2. The molecular formula is C10H6BrF3N4O3S. The smallest absolute Gasteiger partial charge is 0.404 e. The zero-order valence-corrected chi connectivity index (χ0v) is 13.0. The van der Waals surface area contributed by atoms with E-state index in [9.17, 15) is 23.3 Å². The molecule has 0 aliphatic heterocycles. The number of nitro groups is 1. The van der Waals surface area contributed by atoms with Gasteiger partial charge in [-0.2, -0.15) is 5.26 Å². The van der Waals surface area contributed by atoms with E-state index in [2.05, 4.69) is 31.0 Å². The molecule has 0 amide bonds. The number of ether oxygens (including phenoxy) is 1. The Labute approximate surface area is 134 Å². The fourth-order valence-electron chi connectivity index (χ4n) is 1.25. The van der Waals surface area contributed by atoms with E-state index in [0.717, 1.165) is 17.8 Å². The number of nitrogens with zero attached hydrogens (tertiary/aromatic N) is 3. The summed E-state index contributed by atoms with van der Waals surface area (Å²) in [6.07, 6.45) is -1.84. The minimum Gasteiger partial charge on any atom is -0.404 e. The molecule has 0 aromatic heterocycles. The lowest BCUT2D eigenvalue weighted by atomic mass is 10.2. The lowest BCUT2D eigenvalue weighted by Gasteiger charge is -2.11. The molecule has 1 rings (SSSR count). The van der Waals surface area contributed by atoms with Crippen LogP contribution in [-0.4, -0.2) is 22.7 Å². The number of alkyl halides is 3. The largest absolute Gasteiger partial charge is 0.573 e. The van der Waals surface area contributed by atoms with Crippen molar-refractivity contribution < 1.29 is 22.8 Å². The van der Waals surface area contributed by atoms with Crippen molar-refractivity contribution in [3.8, 4) is 11.9 Å². The molecular weight excluding hydrogens is 393 g/mol. The average Bonchev–Trinajstić information content (AvgIpc) is 2.39. The normalized spacial score (nSPS) is 11.7. The van der Waals surface area contributed by atoms with Crippen LogP contribution in [0.25, 0.3) is 0 Å². The number of hydrogen-bond donors (Lipinski definition) is 1. The van der Waals surface area contributed by atoms with Gasteiger partial charge in [0.15, 0.2) is 17.1 Å². The van der Waals surface area contributed by atoms with Gasteiger partial charge in [0.2, 0.25) is 0 Å². The number of nitro benzene ring substituents is 1. The van der Waals surface area contributed by atoms with Crippen LogP contribution < -0.4 is 10.1 Å². The molecule has 0 fully saturated rings. The quantitative estimate of drug-likeness (QED) is 0.208. The predicted octanol–water partition coefficient (Wildman–Crippen LogP) is 3.68. The first-order valence-corrected chi connectivity index (χ1v) is 7.21. The van der Waals surface area contributed by atoms with Crippen molar-refractivity contribution >= 4 is 44.2 Å². The Bertz CT molecular complexity index is 660. The number of rotatable bonds is 3. The number of hydrogen-bond acceptors (Lipinski definition) is 6. The molecule has 1 aromatic carbocycles. The van der Waals surface area contributed by atoms with Crippen molar-refractivity contribution in [3.63, 3.8) is 0 Å². The second-order valence-electron chi connectivity index (χ2n) is 3.43. The van der Waals surface area contributed by atoms with Crippen molar-refractivity contribution in [3.05, 3.63) is 26.7 Å². The summed E-state index contributed by atoms with van der Waals surface area (Å²) in [5.41, 5.74) is -0.938. The van der Waals surface area contributed by atoms with E-state index in [0.29, 0.717) is 6.07 Å². The molecule has 22 heavy (non-hydrogen) atoms. The molecule has 0 radical (unpaired) electrons.